The van der Waals surface area contributed by atoms with Crippen LogP contribution in [0.25, 0.3) is 0 Å². The van der Waals surface area contributed by atoms with Crippen LogP contribution in [-0.4, -0.2) is 6.54 Å². The minimum Gasteiger partial charge on any atom is -0.310 e. The van der Waals surface area contributed by atoms with Gasteiger partial charge in [0.1, 0.15) is 5.82 Å². The zero-order chi connectivity index (χ0) is 13.4. The summed E-state index contributed by atoms with van der Waals surface area (Å²) in [5.41, 5.74) is 2.04. The lowest BCUT2D eigenvalue weighted by Gasteiger charge is -2.27. The first-order valence-corrected chi connectivity index (χ1v) is 7.68. The number of rotatable bonds is 5. The first kappa shape index (κ1) is 13.1. The van der Waals surface area contributed by atoms with Crippen molar-refractivity contribution >= 4 is 0 Å². The van der Waals surface area contributed by atoms with Crippen LogP contribution in [0.3, 0.4) is 0 Å². The summed E-state index contributed by atoms with van der Waals surface area (Å²) in [5.74, 6) is 2.49. The molecule has 3 atom stereocenters. The number of hydrogen-bond donors (Lipinski definition) is 1. The summed E-state index contributed by atoms with van der Waals surface area (Å²) in [6, 6.07) is 5.74. The maximum Gasteiger partial charge on any atom is 0.128 e. The molecule has 0 amide bonds. The fourth-order valence-electron chi connectivity index (χ4n) is 3.77. The lowest BCUT2D eigenvalue weighted by Crippen LogP contribution is -2.29. The predicted molar refractivity (Wildman–Crippen MR) is 76.5 cm³/mol. The minimum absolute atomic E-state index is 0.0419. The molecule has 1 aromatic rings. The van der Waals surface area contributed by atoms with Gasteiger partial charge in [-0.3, -0.25) is 0 Å². The fourth-order valence-corrected chi connectivity index (χ4v) is 3.77. The molecule has 0 spiro atoms. The van der Waals surface area contributed by atoms with E-state index >= 15 is 0 Å². The van der Waals surface area contributed by atoms with Gasteiger partial charge in [0.25, 0.3) is 0 Å². The molecule has 2 fully saturated rings. The van der Waals surface area contributed by atoms with Gasteiger partial charge in [0.2, 0.25) is 0 Å². The Morgan fingerprint density at radius 2 is 2.00 bits per heavy atom. The minimum atomic E-state index is -0.0419. The molecule has 0 aliphatic heterocycles. The number of nitrogens with one attached hydrogen (secondary N) is 1. The number of fused-ring (bicyclic) bond motifs is 1. The summed E-state index contributed by atoms with van der Waals surface area (Å²) in [7, 11) is 0. The normalized spacial score (nSPS) is 30.2. The average Bonchev–Trinajstić information content (AvgIpc) is 3.01. The van der Waals surface area contributed by atoms with Crippen molar-refractivity contribution < 1.29 is 4.39 Å². The van der Waals surface area contributed by atoms with Gasteiger partial charge in [0.05, 0.1) is 0 Å². The van der Waals surface area contributed by atoms with Crippen LogP contribution < -0.4 is 5.32 Å². The largest absolute Gasteiger partial charge is 0.310 e. The first-order valence-electron chi connectivity index (χ1n) is 7.68. The van der Waals surface area contributed by atoms with Crippen molar-refractivity contribution in [1.29, 1.82) is 0 Å². The molecule has 0 aromatic heterocycles. The zero-order valence-corrected chi connectivity index (χ0v) is 12.0. The van der Waals surface area contributed by atoms with E-state index in [0.717, 1.165) is 35.9 Å². The van der Waals surface area contributed by atoms with Gasteiger partial charge < -0.3 is 5.32 Å². The Hall–Kier alpha value is -0.890. The standard InChI is InChI=1S/C17H24FN/c1-3-6-19-17(14-9-12-8-13(12)10-14)15-7-11(2)4-5-16(15)18/h4-5,7,12-14,17,19H,3,6,8-10H2,1-2H3. The molecular weight excluding hydrogens is 237 g/mol. The van der Waals surface area contributed by atoms with E-state index in [1.54, 1.807) is 6.07 Å². The van der Waals surface area contributed by atoms with Crippen LogP contribution in [0.1, 0.15) is 49.8 Å². The maximum atomic E-state index is 14.2. The van der Waals surface area contributed by atoms with Gasteiger partial charge in [-0.25, -0.2) is 4.39 Å². The van der Waals surface area contributed by atoms with Gasteiger partial charge in [-0.05, 0) is 63.0 Å². The second-order valence-corrected chi connectivity index (χ2v) is 6.44. The lowest BCUT2D eigenvalue weighted by atomic mass is 9.88. The van der Waals surface area contributed by atoms with Gasteiger partial charge in [0.15, 0.2) is 0 Å². The summed E-state index contributed by atoms with van der Waals surface area (Å²) in [5, 5.41) is 3.60. The van der Waals surface area contributed by atoms with E-state index in [1.165, 1.54) is 19.3 Å². The van der Waals surface area contributed by atoms with Crippen molar-refractivity contribution in [2.45, 2.75) is 45.6 Å². The molecule has 1 aromatic carbocycles. The van der Waals surface area contributed by atoms with E-state index < -0.39 is 0 Å². The first-order chi connectivity index (χ1) is 9.19. The molecular formula is C17H24FN. The molecule has 0 bridgehead atoms. The van der Waals surface area contributed by atoms with Gasteiger partial charge in [-0.1, -0.05) is 24.6 Å². The Kier molecular flexibility index (Phi) is 3.62. The smallest absolute Gasteiger partial charge is 0.128 e. The summed E-state index contributed by atoms with van der Waals surface area (Å²) < 4.78 is 14.2. The molecule has 1 N–H and O–H groups in total. The molecule has 2 heteroatoms. The van der Waals surface area contributed by atoms with Crippen molar-refractivity contribution in [3.8, 4) is 0 Å². The van der Waals surface area contributed by atoms with E-state index in [1.807, 2.05) is 19.1 Å². The highest BCUT2D eigenvalue weighted by molar-refractivity contribution is 5.28. The molecule has 0 heterocycles. The molecule has 3 rings (SSSR count). The molecule has 19 heavy (non-hydrogen) atoms. The van der Waals surface area contributed by atoms with Gasteiger partial charge in [-0.15, -0.1) is 0 Å². The van der Waals surface area contributed by atoms with Crippen LogP contribution in [0.4, 0.5) is 4.39 Å². The number of halogens is 1. The van der Waals surface area contributed by atoms with Crippen LogP contribution in [0.5, 0.6) is 0 Å². The van der Waals surface area contributed by atoms with Crippen LogP contribution >= 0.6 is 0 Å². The highest BCUT2D eigenvalue weighted by atomic mass is 19.1. The Bertz CT molecular complexity index is 447. The Morgan fingerprint density at radius 1 is 1.26 bits per heavy atom. The summed E-state index contributed by atoms with van der Waals surface area (Å²) in [6.07, 6.45) is 5.11. The Balaban J connectivity index is 1.82. The van der Waals surface area contributed by atoms with Crippen molar-refractivity contribution in [2.75, 3.05) is 6.54 Å². The van der Waals surface area contributed by atoms with Crippen molar-refractivity contribution in [1.82, 2.24) is 5.32 Å². The molecule has 104 valence electrons. The van der Waals surface area contributed by atoms with Crippen molar-refractivity contribution in [2.24, 2.45) is 17.8 Å². The van der Waals surface area contributed by atoms with Gasteiger partial charge in [-0.2, -0.15) is 0 Å². The van der Waals surface area contributed by atoms with Crippen molar-refractivity contribution in [3.05, 3.63) is 35.1 Å². The number of hydrogen-bond acceptors (Lipinski definition) is 1. The van der Waals surface area contributed by atoms with E-state index in [4.69, 9.17) is 0 Å². The van der Waals surface area contributed by atoms with Crippen molar-refractivity contribution in [3.63, 3.8) is 0 Å². The second-order valence-electron chi connectivity index (χ2n) is 6.44. The molecule has 2 aliphatic carbocycles. The molecule has 0 saturated heterocycles. The second kappa shape index (κ2) is 5.24. The molecule has 2 saturated carbocycles. The zero-order valence-electron chi connectivity index (χ0n) is 12.0. The van der Waals surface area contributed by atoms with E-state index in [-0.39, 0.29) is 11.9 Å². The summed E-state index contributed by atoms with van der Waals surface area (Å²) in [6.45, 7) is 5.19. The maximum absolute atomic E-state index is 14.2. The van der Waals surface area contributed by atoms with Gasteiger partial charge in [0, 0.05) is 11.6 Å². The number of benzene rings is 1. The van der Waals surface area contributed by atoms with Gasteiger partial charge >= 0.3 is 0 Å². The fraction of sp³-hybridized carbons (Fsp3) is 0.647. The van der Waals surface area contributed by atoms with Crippen LogP contribution in [0.15, 0.2) is 18.2 Å². The third-order valence-electron chi connectivity index (χ3n) is 4.85. The SMILES string of the molecule is CCCNC(c1cc(C)ccc1F)C1CC2CC2C1. The Labute approximate surface area is 115 Å². The third-order valence-corrected chi connectivity index (χ3v) is 4.85. The van der Waals surface area contributed by atoms with E-state index in [2.05, 4.69) is 12.2 Å². The third kappa shape index (κ3) is 2.69. The van der Waals surface area contributed by atoms with E-state index in [0.29, 0.717) is 5.92 Å². The molecule has 3 unspecified atom stereocenters. The highest BCUT2D eigenvalue weighted by Crippen LogP contribution is 2.57. The average molecular weight is 261 g/mol. The molecule has 1 nitrogen and oxygen atoms in total. The lowest BCUT2D eigenvalue weighted by molar-refractivity contribution is 0.333. The summed E-state index contributed by atoms with van der Waals surface area (Å²) >= 11 is 0. The molecule has 2 aliphatic rings. The highest BCUT2D eigenvalue weighted by Gasteiger charge is 2.48. The quantitative estimate of drug-likeness (QED) is 0.836. The molecule has 0 radical (unpaired) electrons. The van der Waals surface area contributed by atoms with Crippen LogP contribution in [0, 0.1) is 30.5 Å². The predicted octanol–water partition coefficient (Wildman–Crippen LogP) is 4.22. The monoisotopic (exact) mass is 261 g/mol. The summed E-state index contributed by atoms with van der Waals surface area (Å²) in [4.78, 5) is 0. The van der Waals surface area contributed by atoms with Crippen LogP contribution in [0.2, 0.25) is 0 Å². The van der Waals surface area contributed by atoms with Crippen LogP contribution in [-0.2, 0) is 0 Å². The van der Waals surface area contributed by atoms with E-state index in [9.17, 15) is 4.39 Å². The number of aryl methyl sites for hydroxylation is 1. The topological polar surface area (TPSA) is 12.0 Å². The Morgan fingerprint density at radius 3 is 2.68 bits per heavy atom.